The summed E-state index contributed by atoms with van der Waals surface area (Å²) in [4.78, 5) is 43.7. The summed E-state index contributed by atoms with van der Waals surface area (Å²) in [5, 5.41) is 43.4. The minimum atomic E-state index is -0.862. The van der Waals surface area contributed by atoms with Crippen LogP contribution < -0.4 is 5.56 Å². The van der Waals surface area contributed by atoms with Crippen LogP contribution in [0.25, 0.3) is 5.69 Å². The van der Waals surface area contributed by atoms with E-state index in [1.807, 2.05) is 0 Å². The van der Waals surface area contributed by atoms with Crippen LogP contribution in [0.5, 0.6) is 0 Å². The highest BCUT2D eigenvalue weighted by molar-refractivity contribution is 5.59. The lowest BCUT2D eigenvalue weighted by Gasteiger charge is -2.02. The number of hydrogen-bond acceptors (Lipinski definition) is 9. The predicted molar refractivity (Wildman–Crippen MR) is 102 cm³/mol. The fraction of sp³-hybridized carbons (Fsp3) is 0.0625. The second kappa shape index (κ2) is 7.70. The van der Waals surface area contributed by atoms with Crippen molar-refractivity contribution in [2.45, 2.75) is 6.92 Å². The molecular weight excluding hydrogens is 402 g/mol. The van der Waals surface area contributed by atoms with Crippen LogP contribution in [0.3, 0.4) is 0 Å². The zero-order valence-corrected chi connectivity index (χ0v) is 15.1. The van der Waals surface area contributed by atoms with Gasteiger partial charge in [-0.3, -0.25) is 40.2 Å². The SMILES string of the molecule is Cc1[nH]n(-c2ccc([N+](=O)[O-])cc2[N+](=O)[O-])c(=O)c1N=Nc1ccccc1[N+](=O)[O-]. The van der Waals surface area contributed by atoms with E-state index in [1.54, 1.807) is 0 Å². The molecule has 0 saturated carbocycles. The lowest BCUT2D eigenvalue weighted by atomic mass is 10.2. The fourth-order valence-electron chi connectivity index (χ4n) is 2.59. The van der Waals surface area contributed by atoms with E-state index in [9.17, 15) is 35.1 Å². The number of aromatic amines is 1. The Morgan fingerprint density at radius 2 is 1.57 bits per heavy atom. The number of azo groups is 1. The molecule has 1 aromatic heterocycles. The van der Waals surface area contributed by atoms with Crippen LogP contribution in [0.2, 0.25) is 0 Å². The Morgan fingerprint density at radius 3 is 2.20 bits per heavy atom. The van der Waals surface area contributed by atoms with Crippen molar-refractivity contribution in [2.75, 3.05) is 0 Å². The largest absolute Gasteiger partial charge is 0.301 e. The zero-order valence-electron chi connectivity index (χ0n) is 15.1. The van der Waals surface area contributed by atoms with Crippen molar-refractivity contribution in [3.8, 4) is 5.69 Å². The summed E-state index contributed by atoms with van der Waals surface area (Å²) in [6.07, 6.45) is 0. The molecule has 30 heavy (non-hydrogen) atoms. The van der Waals surface area contributed by atoms with Gasteiger partial charge in [-0.1, -0.05) is 12.1 Å². The first kappa shape index (κ1) is 20.0. The Hall–Kier alpha value is -4.75. The van der Waals surface area contributed by atoms with E-state index in [2.05, 4.69) is 15.3 Å². The number of nitro groups is 3. The van der Waals surface area contributed by atoms with E-state index in [0.717, 1.165) is 22.9 Å². The van der Waals surface area contributed by atoms with Crippen LogP contribution in [0.15, 0.2) is 57.5 Å². The number of hydrogen-bond donors (Lipinski definition) is 1. The number of aromatic nitrogens is 2. The molecule has 2 aromatic carbocycles. The summed E-state index contributed by atoms with van der Waals surface area (Å²) in [5.41, 5.74) is -2.72. The van der Waals surface area contributed by atoms with Crippen molar-refractivity contribution < 1.29 is 14.8 Å². The molecule has 0 saturated heterocycles. The van der Waals surface area contributed by atoms with Crippen LogP contribution in [0.4, 0.5) is 28.4 Å². The molecule has 3 rings (SSSR count). The average molecular weight is 413 g/mol. The highest BCUT2D eigenvalue weighted by atomic mass is 16.6. The normalized spacial score (nSPS) is 11.0. The minimum Gasteiger partial charge on any atom is -0.293 e. The summed E-state index contributed by atoms with van der Waals surface area (Å²) < 4.78 is 0.797. The molecule has 0 aliphatic carbocycles. The van der Waals surface area contributed by atoms with E-state index < -0.39 is 31.7 Å². The maximum absolute atomic E-state index is 12.7. The molecule has 1 heterocycles. The summed E-state index contributed by atoms with van der Waals surface area (Å²) in [5.74, 6) is 0. The van der Waals surface area contributed by atoms with Gasteiger partial charge in [-0.25, -0.2) is 4.68 Å². The molecule has 14 nitrogen and oxygen atoms in total. The quantitative estimate of drug-likeness (QED) is 0.362. The number of rotatable bonds is 6. The molecule has 152 valence electrons. The summed E-state index contributed by atoms with van der Waals surface area (Å²) in [7, 11) is 0. The maximum Gasteiger partial charge on any atom is 0.301 e. The molecule has 0 unspecified atom stereocenters. The average Bonchev–Trinajstić information content (AvgIpc) is 2.99. The van der Waals surface area contributed by atoms with Crippen molar-refractivity contribution in [3.63, 3.8) is 0 Å². The number of aryl methyl sites for hydroxylation is 1. The van der Waals surface area contributed by atoms with Gasteiger partial charge in [0, 0.05) is 12.1 Å². The molecule has 0 aliphatic rings. The third kappa shape index (κ3) is 3.64. The van der Waals surface area contributed by atoms with Gasteiger partial charge in [0.15, 0.2) is 11.4 Å². The van der Waals surface area contributed by atoms with E-state index in [-0.39, 0.29) is 28.4 Å². The highest BCUT2D eigenvalue weighted by Crippen LogP contribution is 2.30. The van der Waals surface area contributed by atoms with Crippen molar-refractivity contribution in [1.29, 1.82) is 0 Å². The number of H-pyrrole nitrogens is 1. The molecule has 0 aliphatic heterocycles. The number of non-ortho nitro benzene ring substituents is 1. The summed E-state index contributed by atoms with van der Waals surface area (Å²) in [6, 6.07) is 8.30. The van der Waals surface area contributed by atoms with Gasteiger partial charge < -0.3 is 0 Å². The third-order valence-corrected chi connectivity index (χ3v) is 3.98. The first-order valence-corrected chi connectivity index (χ1v) is 8.10. The lowest BCUT2D eigenvalue weighted by Crippen LogP contribution is -2.15. The smallest absolute Gasteiger partial charge is 0.293 e. The number of para-hydroxylation sites is 1. The Bertz CT molecular complexity index is 1280. The second-order valence-electron chi connectivity index (χ2n) is 5.86. The van der Waals surface area contributed by atoms with E-state index >= 15 is 0 Å². The Balaban J connectivity index is 2.10. The predicted octanol–water partition coefficient (Wildman–Crippen LogP) is 3.61. The zero-order chi connectivity index (χ0) is 22.0. The van der Waals surface area contributed by atoms with Gasteiger partial charge in [0.1, 0.15) is 5.69 Å². The molecule has 0 radical (unpaired) electrons. The van der Waals surface area contributed by atoms with E-state index in [4.69, 9.17) is 0 Å². The van der Waals surface area contributed by atoms with Gasteiger partial charge in [0.2, 0.25) is 0 Å². The summed E-state index contributed by atoms with van der Waals surface area (Å²) in [6.45, 7) is 1.45. The van der Waals surface area contributed by atoms with Crippen molar-refractivity contribution >= 4 is 28.4 Å². The molecule has 3 aromatic rings. The molecular formula is C16H11N7O7. The molecule has 14 heteroatoms. The molecule has 0 atom stereocenters. The Morgan fingerprint density at radius 1 is 0.900 bits per heavy atom. The molecule has 0 bridgehead atoms. The van der Waals surface area contributed by atoms with Gasteiger partial charge in [0.05, 0.1) is 26.5 Å². The summed E-state index contributed by atoms with van der Waals surface area (Å²) >= 11 is 0. The number of nitro benzene ring substituents is 3. The topological polar surface area (TPSA) is 192 Å². The second-order valence-corrected chi connectivity index (χ2v) is 5.86. The van der Waals surface area contributed by atoms with Crippen molar-refractivity contribution in [3.05, 3.63) is 88.9 Å². The molecule has 1 N–H and O–H groups in total. The maximum atomic E-state index is 12.7. The number of nitrogens with zero attached hydrogens (tertiary/aromatic N) is 6. The van der Waals surface area contributed by atoms with Crippen LogP contribution in [0, 0.1) is 37.3 Å². The fourth-order valence-corrected chi connectivity index (χ4v) is 2.59. The van der Waals surface area contributed by atoms with Gasteiger partial charge in [-0.15, -0.1) is 10.2 Å². The van der Waals surface area contributed by atoms with Gasteiger partial charge >= 0.3 is 5.69 Å². The van der Waals surface area contributed by atoms with Crippen molar-refractivity contribution in [1.82, 2.24) is 9.78 Å². The Kier molecular flexibility index (Phi) is 5.13. The van der Waals surface area contributed by atoms with Crippen LogP contribution in [-0.4, -0.2) is 24.6 Å². The number of benzene rings is 2. The van der Waals surface area contributed by atoms with Gasteiger partial charge in [0.25, 0.3) is 16.9 Å². The van der Waals surface area contributed by atoms with Gasteiger partial charge in [-0.2, -0.15) is 0 Å². The first-order chi connectivity index (χ1) is 14.2. The third-order valence-electron chi connectivity index (χ3n) is 3.98. The Labute approximate surface area is 165 Å². The first-order valence-electron chi connectivity index (χ1n) is 8.10. The minimum absolute atomic E-state index is 0.0876. The standard InChI is InChI=1S/C16H11N7O7/c1-9-15(18-17-11-4-2-3-5-12(11)22(27)28)16(24)20(19-9)13-7-6-10(21(25)26)8-14(13)23(29)30/h2-8,19H,1H3. The lowest BCUT2D eigenvalue weighted by molar-refractivity contribution is -0.394. The van der Waals surface area contributed by atoms with Gasteiger partial charge in [-0.05, 0) is 19.1 Å². The monoisotopic (exact) mass is 413 g/mol. The van der Waals surface area contributed by atoms with Crippen molar-refractivity contribution in [2.24, 2.45) is 10.2 Å². The van der Waals surface area contributed by atoms with E-state index in [1.165, 1.54) is 31.2 Å². The highest BCUT2D eigenvalue weighted by Gasteiger charge is 2.24. The molecule has 0 spiro atoms. The van der Waals surface area contributed by atoms with Crippen LogP contribution in [-0.2, 0) is 0 Å². The van der Waals surface area contributed by atoms with Crippen LogP contribution >= 0.6 is 0 Å². The molecule has 0 fully saturated rings. The van der Waals surface area contributed by atoms with Crippen LogP contribution in [0.1, 0.15) is 5.69 Å². The van der Waals surface area contributed by atoms with E-state index in [0.29, 0.717) is 0 Å². The molecule has 0 amide bonds. The number of nitrogens with one attached hydrogen (secondary N) is 1.